The number of para-hydroxylation sites is 1. The van der Waals surface area contributed by atoms with Crippen molar-refractivity contribution in [3.8, 4) is 0 Å². The molecule has 1 atom stereocenters. The van der Waals surface area contributed by atoms with Gasteiger partial charge in [-0.25, -0.2) is 0 Å². The van der Waals surface area contributed by atoms with Gasteiger partial charge < -0.3 is 9.32 Å². The molecule has 2 aromatic carbocycles. The van der Waals surface area contributed by atoms with E-state index in [4.69, 9.17) is 4.42 Å². The second kappa shape index (κ2) is 6.29. The van der Waals surface area contributed by atoms with Gasteiger partial charge in [-0.15, -0.1) is 0 Å². The first-order valence-corrected chi connectivity index (χ1v) is 7.85. The van der Waals surface area contributed by atoms with Crippen LogP contribution in [0.3, 0.4) is 0 Å². The van der Waals surface area contributed by atoms with Crippen molar-refractivity contribution in [2.45, 2.75) is 26.3 Å². The molecule has 3 nitrogen and oxygen atoms in total. The Morgan fingerprint density at radius 1 is 1.13 bits per heavy atom. The molecule has 1 heterocycles. The van der Waals surface area contributed by atoms with Crippen LogP contribution in [-0.2, 0) is 11.2 Å². The molecule has 118 valence electrons. The summed E-state index contributed by atoms with van der Waals surface area (Å²) in [6.07, 6.45) is 0.410. The molecule has 3 aromatic rings. The van der Waals surface area contributed by atoms with E-state index in [-0.39, 0.29) is 11.9 Å². The maximum Gasteiger partial charge on any atom is 0.227 e. The maximum atomic E-state index is 12.6. The Bertz CT molecular complexity index is 801. The van der Waals surface area contributed by atoms with E-state index >= 15 is 0 Å². The predicted octanol–water partition coefficient (Wildman–Crippen LogP) is 4.50. The van der Waals surface area contributed by atoms with Gasteiger partial charge in [-0.1, -0.05) is 42.5 Å². The molecule has 0 saturated carbocycles. The molecular formula is C20H21NO2. The zero-order valence-corrected chi connectivity index (χ0v) is 13.7. The van der Waals surface area contributed by atoms with Crippen molar-refractivity contribution in [1.29, 1.82) is 0 Å². The van der Waals surface area contributed by atoms with Crippen molar-refractivity contribution in [1.82, 2.24) is 4.90 Å². The zero-order valence-electron chi connectivity index (χ0n) is 13.7. The van der Waals surface area contributed by atoms with Crippen LogP contribution in [0, 0.1) is 6.92 Å². The standard InChI is InChI=1S/C20H21NO2/c1-14-8-4-5-9-16(14)13-20(22)21(3)15(2)19-12-17-10-6-7-11-18(17)23-19/h4-12,15H,13H2,1-3H3. The second-order valence-corrected chi connectivity index (χ2v) is 5.97. The minimum absolute atomic E-state index is 0.0901. The van der Waals surface area contributed by atoms with E-state index < -0.39 is 0 Å². The van der Waals surface area contributed by atoms with Gasteiger partial charge in [0.15, 0.2) is 0 Å². The van der Waals surface area contributed by atoms with Crippen LogP contribution >= 0.6 is 0 Å². The number of carbonyl (C=O) groups excluding carboxylic acids is 1. The van der Waals surface area contributed by atoms with Crippen molar-refractivity contribution in [3.63, 3.8) is 0 Å². The Kier molecular flexibility index (Phi) is 4.20. The lowest BCUT2D eigenvalue weighted by Crippen LogP contribution is -2.30. The summed E-state index contributed by atoms with van der Waals surface area (Å²) in [6.45, 7) is 4.03. The van der Waals surface area contributed by atoms with Crippen molar-refractivity contribution in [2.75, 3.05) is 7.05 Å². The van der Waals surface area contributed by atoms with Crippen LogP contribution in [0.2, 0.25) is 0 Å². The third kappa shape index (κ3) is 3.14. The molecule has 0 aliphatic rings. The molecule has 23 heavy (non-hydrogen) atoms. The molecule has 0 bridgehead atoms. The zero-order chi connectivity index (χ0) is 16.4. The molecule has 1 aromatic heterocycles. The molecule has 0 N–H and O–H groups in total. The van der Waals surface area contributed by atoms with Crippen LogP contribution in [0.1, 0.15) is 29.9 Å². The second-order valence-electron chi connectivity index (χ2n) is 5.97. The van der Waals surface area contributed by atoms with Crippen LogP contribution in [-0.4, -0.2) is 17.9 Å². The Balaban J connectivity index is 1.77. The highest BCUT2D eigenvalue weighted by Gasteiger charge is 2.21. The van der Waals surface area contributed by atoms with E-state index in [0.29, 0.717) is 6.42 Å². The number of likely N-dealkylation sites (N-methyl/N-ethyl adjacent to an activating group) is 1. The summed E-state index contributed by atoms with van der Waals surface area (Å²) in [5.74, 6) is 0.902. The van der Waals surface area contributed by atoms with Crippen LogP contribution < -0.4 is 0 Å². The molecule has 0 fully saturated rings. The number of aryl methyl sites for hydroxylation is 1. The van der Waals surface area contributed by atoms with Gasteiger partial charge in [0.1, 0.15) is 11.3 Å². The van der Waals surface area contributed by atoms with Gasteiger partial charge >= 0.3 is 0 Å². The number of carbonyl (C=O) groups is 1. The lowest BCUT2D eigenvalue weighted by molar-refractivity contribution is -0.131. The first-order valence-electron chi connectivity index (χ1n) is 7.85. The van der Waals surface area contributed by atoms with Gasteiger partial charge in [0.05, 0.1) is 12.5 Å². The summed E-state index contributed by atoms with van der Waals surface area (Å²) >= 11 is 0. The number of furan rings is 1. The highest BCUT2D eigenvalue weighted by atomic mass is 16.3. The van der Waals surface area contributed by atoms with Crippen molar-refractivity contribution >= 4 is 16.9 Å². The van der Waals surface area contributed by atoms with Crippen LogP contribution in [0.4, 0.5) is 0 Å². The largest absolute Gasteiger partial charge is 0.459 e. The molecule has 3 heteroatoms. The van der Waals surface area contributed by atoms with Gasteiger partial charge in [-0.3, -0.25) is 4.79 Å². The third-order valence-electron chi connectivity index (χ3n) is 4.43. The van der Waals surface area contributed by atoms with Gasteiger partial charge in [-0.05, 0) is 37.1 Å². The molecule has 3 rings (SSSR count). The summed E-state index contributed by atoms with van der Waals surface area (Å²) < 4.78 is 5.88. The SMILES string of the molecule is Cc1ccccc1CC(=O)N(C)C(C)c1cc2ccccc2o1. The van der Waals surface area contributed by atoms with E-state index in [1.54, 1.807) is 4.90 Å². The van der Waals surface area contributed by atoms with E-state index in [0.717, 1.165) is 27.9 Å². The summed E-state index contributed by atoms with van der Waals surface area (Å²) in [4.78, 5) is 14.3. The van der Waals surface area contributed by atoms with Crippen LogP contribution in [0.15, 0.2) is 59.0 Å². The third-order valence-corrected chi connectivity index (χ3v) is 4.43. The molecule has 0 spiro atoms. The highest BCUT2D eigenvalue weighted by Crippen LogP contribution is 2.27. The summed E-state index contributed by atoms with van der Waals surface area (Å²) in [5, 5.41) is 1.06. The number of fused-ring (bicyclic) bond motifs is 1. The quantitative estimate of drug-likeness (QED) is 0.711. The minimum atomic E-state index is -0.0982. The normalized spacial score (nSPS) is 12.3. The summed E-state index contributed by atoms with van der Waals surface area (Å²) in [6, 6.07) is 17.8. The van der Waals surface area contributed by atoms with Gasteiger partial charge in [0.2, 0.25) is 5.91 Å². The van der Waals surface area contributed by atoms with E-state index in [1.807, 2.05) is 75.5 Å². The average Bonchev–Trinajstić information content (AvgIpc) is 2.99. The smallest absolute Gasteiger partial charge is 0.227 e. The number of rotatable bonds is 4. The van der Waals surface area contributed by atoms with Gasteiger partial charge in [0, 0.05) is 12.4 Å². The fourth-order valence-electron chi connectivity index (χ4n) is 2.71. The fourth-order valence-corrected chi connectivity index (χ4v) is 2.71. The molecule has 1 amide bonds. The molecule has 1 unspecified atom stereocenters. The molecule has 0 radical (unpaired) electrons. The van der Waals surface area contributed by atoms with Gasteiger partial charge in [0.25, 0.3) is 0 Å². The number of amides is 1. The van der Waals surface area contributed by atoms with Crippen molar-refractivity contribution in [2.24, 2.45) is 0 Å². The van der Waals surface area contributed by atoms with E-state index in [9.17, 15) is 4.79 Å². The Hall–Kier alpha value is -2.55. The van der Waals surface area contributed by atoms with Crippen molar-refractivity contribution in [3.05, 3.63) is 71.5 Å². The first kappa shape index (κ1) is 15.3. The Morgan fingerprint density at radius 3 is 2.57 bits per heavy atom. The molecule has 0 aliphatic carbocycles. The molecular weight excluding hydrogens is 286 g/mol. The van der Waals surface area contributed by atoms with E-state index in [1.165, 1.54) is 0 Å². The van der Waals surface area contributed by atoms with Crippen LogP contribution in [0.25, 0.3) is 11.0 Å². The Labute approximate surface area is 136 Å². The topological polar surface area (TPSA) is 33.5 Å². The monoisotopic (exact) mass is 307 g/mol. The lowest BCUT2D eigenvalue weighted by atomic mass is 10.0. The molecule has 0 saturated heterocycles. The predicted molar refractivity (Wildman–Crippen MR) is 92.3 cm³/mol. The van der Waals surface area contributed by atoms with Crippen LogP contribution in [0.5, 0.6) is 0 Å². The van der Waals surface area contributed by atoms with Gasteiger partial charge in [-0.2, -0.15) is 0 Å². The fraction of sp³-hybridized carbons (Fsp3) is 0.250. The summed E-state index contributed by atoms with van der Waals surface area (Å²) in [5.41, 5.74) is 3.07. The Morgan fingerprint density at radius 2 is 1.83 bits per heavy atom. The maximum absolute atomic E-state index is 12.6. The number of hydrogen-bond donors (Lipinski definition) is 0. The number of nitrogens with zero attached hydrogens (tertiary/aromatic N) is 1. The highest BCUT2D eigenvalue weighted by molar-refractivity contribution is 5.80. The first-order chi connectivity index (χ1) is 11.1. The average molecular weight is 307 g/mol. The lowest BCUT2D eigenvalue weighted by Gasteiger charge is -2.23. The number of benzene rings is 2. The number of hydrogen-bond acceptors (Lipinski definition) is 2. The summed E-state index contributed by atoms with van der Waals surface area (Å²) in [7, 11) is 1.83. The van der Waals surface area contributed by atoms with Crippen molar-refractivity contribution < 1.29 is 9.21 Å². The van der Waals surface area contributed by atoms with E-state index in [2.05, 4.69) is 0 Å². The molecule has 0 aliphatic heterocycles. The minimum Gasteiger partial charge on any atom is -0.459 e.